The zero-order valence-electron chi connectivity index (χ0n) is 15.5. The molecule has 7 heteroatoms. The molecule has 142 valence electrons. The number of rotatable bonds is 3. The minimum atomic E-state index is -0.247. The van der Waals surface area contributed by atoms with Gasteiger partial charge in [0.25, 0.3) is 0 Å². The molecule has 1 fully saturated rings. The first-order valence-electron chi connectivity index (χ1n) is 9.34. The molecule has 1 N–H and O–H groups in total. The van der Waals surface area contributed by atoms with E-state index in [4.69, 9.17) is 11.6 Å². The lowest BCUT2D eigenvalue weighted by molar-refractivity contribution is -0.136. The highest BCUT2D eigenvalue weighted by Crippen LogP contribution is 2.31. The van der Waals surface area contributed by atoms with E-state index in [2.05, 4.69) is 10.2 Å². The number of halogens is 1. The van der Waals surface area contributed by atoms with Gasteiger partial charge in [-0.15, -0.1) is 0 Å². The molecule has 2 aromatic rings. The molecule has 3 heterocycles. The number of nitrogens with zero attached hydrogens (tertiary/aromatic N) is 3. The van der Waals surface area contributed by atoms with Gasteiger partial charge in [0.1, 0.15) is 0 Å². The van der Waals surface area contributed by atoms with Gasteiger partial charge in [0.05, 0.1) is 11.6 Å². The van der Waals surface area contributed by atoms with Crippen molar-refractivity contribution in [3.63, 3.8) is 0 Å². The van der Waals surface area contributed by atoms with E-state index in [-0.39, 0.29) is 23.8 Å². The summed E-state index contributed by atoms with van der Waals surface area (Å²) in [5.74, 6) is -0.109. The largest absolute Gasteiger partial charge is 0.339 e. The second kappa shape index (κ2) is 7.00. The van der Waals surface area contributed by atoms with Crippen LogP contribution in [0, 0.1) is 5.92 Å². The van der Waals surface area contributed by atoms with Crippen molar-refractivity contribution in [2.75, 3.05) is 13.1 Å². The van der Waals surface area contributed by atoms with Crippen LogP contribution < -0.4 is 0 Å². The summed E-state index contributed by atoms with van der Waals surface area (Å²) >= 11 is 6.12. The van der Waals surface area contributed by atoms with Gasteiger partial charge in [-0.1, -0.05) is 23.7 Å². The molecule has 0 saturated carbocycles. The summed E-state index contributed by atoms with van der Waals surface area (Å²) in [7, 11) is 0. The number of hydrogen-bond acceptors (Lipinski definition) is 3. The number of carbonyl (C=O) groups excluding carboxylic acids is 2. The van der Waals surface area contributed by atoms with Crippen molar-refractivity contribution in [2.45, 2.75) is 39.3 Å². The molecule has 1 atom stereocenters. The summed E-state index contributed by atoms with van der Waals surface area (Å²) in [5.41, 5.74) is 3.90. The number of amides is 2. The van der Waals surface area contributed by atoms with Gasteiger partial charge in [-0.3, -0.25) is 14.7 Å². The summed E-state index contributed by atoms with van der Waals surface area (Å²) < 4.78 is 0. The van der Waals surface area contributed by atoms with Crippen molar-refractivity contribution in [1.29, 1.82) is 0 Å². The third-order valence-electron chi connectivity index (χ3n) is 5.47. The normalized spacial score (nSPS) is 19.7. The van der Waals surface area contributed by atoms with Crippen LogP contribution >= 0.6 is 11.6 Å². The van der Waals surface area contributed by atoms with Crippen LogP contribution in [0.2, 0.25) is 5.02 Å². The number of aromatic nitrogens is 2. The number of fused-ring (bicyclic) bond motifs is 1. The van der Waals surface area contributed by atoms with Gasteiger partial charge in [0.2, 0.25) is 11.8 Å². The highest BCUT2D eigenvalue weighted by atomic mass is 35.5. The van der Waals surface area contributed by atoms with E-state index >= 15 is 0 Å². The van der Waals surface area contributed by atoms with E-state index in [1.807, 2.05) is 43.0 Å². The van der Waals surface area contributed by atoms with Crippen molar-refractivity contribution >= 4 is 23.4 Å². The van der Waals surface area contributed by atoms with Gasteiger partial charge in [0.15, 0.2) is 0 Å². The predicted octanol–water partition coefficient (Wildman–Crippen LogP) is 2.87. The molecule has 2 amide bonds. The molecule has 0 radical (unpaired) electrons. The average molecular weight is 387 g/mol. The molecule has 0 spiro atoms. The summed E-state index contributed by atoms with van der Waals surface area (Å²) in [6.07, 6.45) is 1.05. The molecule has 4 rings (SSSR count). The van der Waals surface area contributed by atoms with Crippen LogP contribution in [0.25, 0.3) is 11.3 Å². The monoisotopic (exact) mass is 386 g/mol. The SMILES string of the molecule is CC(C)N1CC(C(=O)N2CCc3[nH]nc(-c4cccc(Cl)c4)c3C2)CC1=O. The lowest BCUT2D eigenvalue weighted by atomic mass is 9.99. The highest BCUT2D eigenvalue weighted by molar-refractivity contribution is 6.30. The van der Waals surface area contributed by atoms with E-state index in [0.717, 1.165) is 28.9 Å². The third-order valence-corrected chi connectivity index (χ3v) is 5.71. The van der Waals surface area contributed by atoms with Crippen LogP contribution in [0.15, 0.2) is 24.3 Å². The Morgan fingerprint density at radius 3 is 2.89 bits per heavy atom. The number of H-pyrrole nitrogens is 1. The molecule has 0 bridgehead atoms. The van der Waals surface area contributed by atoms with Crippen LogP contribution in [0.5, 0.6) is 0 Å². The van der Waals surface area contributed by atoms with Crippen LogP contribution in [0.3, 0.4) is 0 Å². The Hall–Kier alpha value is -2.34. The minimum Gasteiger partial charge on any atom is -0.339 e. The molecule has 1 aromatic carbocycles. The van der Waals surface area contributed by atoms with Crippen molar-refractivity contribution in [1.82, 2.24) is 20.0 Å². The number of nitrogens with one attached hydrogen (secondary N) is 1. The van der Waals surface area contributed by atoms with E-state index in [9.17, 15) is 9.59 Å². The Labute approximate surface area is 163 Å². The van der Waals surface area contributed by atoms with Crippen LogP contribution in [0.1, 0.15) is 31.5 Å². The molecule has 27 heavy (non-hydrogen) atoms. The summed E-state index contributed by atoms with van der Waals surface area (Å²) in [6.45, 7) is 5.65. The topological polar surface area (TPSA) is 69.3 Å². The number of benzene rings is 1. The third kappa shape index (κ3) is 3.34. The Kier molecular flexibility index (Phi) is 4.68. The van der Waals surface area contributed by atoms with Crippen LogP contribution in [-0.2, 0) is 22.6 Å². The van der Waals surface area contributed by atoms with Crippen molar-refractivity contribution in [3.05, 3.63) is 40.5 Å². The first-order valence-corrected chi connectivity index (χ1v) is 9.72. The fraction of sp³-hybridized carbons (Fsp3) is 0.450. The Bertz CT molecular complexity index is 892. The lowest BCUT2D eigenvalue weighted by Gasteiger charge is -2.29. The van der Waals surface area contributed by atoms with Crippen LogP contribution in [-0.4, -0.2) is 50.9 Å². The molecular weight excluding hydrogens is 364 g/mol. The summed E-state index contributed by atoms with van der Waals surface area (Å²) in [4.78, 5) is 28.9. The second-order valence-electron chi connectivity index (χ2n) is 7.59. The molecule has 1 unspecified atom stereocenters. The summed E-state index contributed by atoms with van der Waals surface area (Å²) in [6, 6.07) is 7.72. The van der Waals surface area contributed by atoms with Gasteiger partial charge < -0.3 is 9.80 Å². The maximum atomic E-state index is 13.0. The predicted molar refractivity (Wildman–Crippen MR) is 103 cm³/mol. The van der Waals surface area contributed by atoms with Crippen molar-refractivity contribution in [2.24, 2.45) is 5.92 Å². The standard InChI is InChI=1S/C20H23ClN4O2/c1-12(2)25-10-14(9-18(25)26)20(27)24-7-6-17-16(11-24)19(23-22-17)13-4-3-5-15(21)8-13/h3-5,8,12,14H,6-7,9-11H2,1-2H3,(H,22,23). The van der Waals surface area contributed by atoms with Gasteiger partial charge in [-0.2, -0.15) is 5.10 Å². The zero-order chi connectivity index (χ0) is 19.1. The number of hydrogen-bond donors (Lipinski definition) is 1. The first-order chi connectivity index (χ1) is 12.9. The number of likely N-dealkylation sites (tertiary alicyclic amines) is 1. The van der Waals surface area contributed by atoms with Gasteiger partial charge in [-0.25, -0.2) is 0 Å². The lowest BCUT2D eigenvalue weighted by Crippen LogP contribution is -2.41. The Morgan fingerprint density at radius 2 is 2.19 bits per heavy atom. The maximum Gasteiger partial charge on any atom is 0.228 e. The molecule has 0 aliphatic carbocycles. The molecule has 1 saturated heterocycles. The van der Waals surface area contributed by atoms with E-state index in [1.165, 1.54) is 0 Å². The maximum absolute atomic E-state index is 13.0. The molecule has 1 aromatic heterocycles. The zero-order valence-corrected chi connectivity index (χ0v) is 16.3. The Balaban J connectivity index is 1.54. The van der Waals surface area contributed by atoms with E-state index < -0.39 is 0 Å². The summed E-state index contributed by atoms with van der Waals surface area (Å²) in [5, 5.41) is 8.23. The van der Waals surface area contributed by atoms with E-state index in [0.29, 0.717) is 31.1 Å². The second-order valence-corrected chi connectivity index (χ2v) is 8.03. The number of aromatic amines is 1. The number of carbonyl (C=O) groups is 2. The van der Waals surface area contributed by atoms with Gasteiger partial charge in [-0.05, 0) is 26.0 Å². The highest BCUT2D eigenvalue weighted by Gasteiger charge is 2.38. The quantitative estimate of drug-likeness (QED) is 0.881. The minimum absolute atomic E-state index is 0.0652. The van der Waals surface area contributed by atoms with Crippen molar-refractivity contribution < 1.29 is 9.59 Å². The average Bonchev–Trinajstić information content (AvgIpc) is 3.24. The fourth-order valence-electron chi connectivity index (χ4n) is 4.01. The molecule has 2 aliphatic heterocycles. The van der Waals surface area contributed by atoms with Crippen molar-refractivity contribution in [3.8, 4) is 11.3 Å². The van der Waals surface area contributed by atoms with Crippen LogP contribution in [0.4, 0.5) is 0 Å². The van der Waals surface area contributed by atoms with Gasteiger partial charge >= 0.3 is 0 Å². The Morgan fingerprint density at radius 1 is 1.37 bits per heavy atom. The van der Waals surface area contributed by atoms with E-state index in [1.54, 1.807) is 4.90 Å². The van der Waals surface area contributed by atoms with Gasteiger partial charge in [0, 0.05) is 60.4 Å². The molecule has 2 aliphatic rings. The fourth-order valence-corrected chi connectivity index (χ4v) is 4.20. The molecular formula is C20H23ClN4O2. The molecule has 6 nitrogen and oxygen atoms in total. The smallest absolute Gasteiger partial charge is 0.228 e. The first kappa shape index (κ1) is 18.0.